The summed E-state index contributed by atoms with van der Waals surface area (Å²) in [6, 6.07) is 0. The first-order chi connectivity index (χ1) is 6.77. The molecule has 0 unspecified atom stereocenters. The minimum absolute atomic E-state index is 0.110. The first-order valence-corrected chi connectivity index (χ1v) is 6.00. The molecular formula is C12H21NO. The van der Waals surface area contributed by atoms with Gasteiger partial charge in [0.2, 0.25) is 0 Å². The predicted molar refractivity (Wildman–Crippen MR) is 56.9 cm³/mol. The molecule has 80 valence electrons. The van der Waals surface area contributed by atoms with Crippen LogP contribution in [0.3, 0.4) is 0 Å². The van der Waals surface area contributed by atoms with Crippen molar-refractivity contribution in [1.82, 2.24) is 0 Å². The molecular weight excluding hydrogens is 174 g/mol. The molecule has 2 aliphatic rings. The molecule has 2 aliphatic carbocycles. The molecule has 0 aromatic carbocycles. The number of carbonyl (C=O) groups excluding carboxylic acids is 1. The van der Waals surface area contributed by atoms with Crippen molar-refractivity contribution in [3.63, 3.8) is 0 Å². The molecule has 0 aromatic rings. The summed E-state index contributed by atoms with van der Waals surface area (Å²) in [5.74, 6) is 1.19. The van der Waals surface area contributed by atoms with Crippen LogP contribution in [-0.4, -0.2) is 12.3 Å². The Labute approximate surface area is 86.2 Å². The molecule has 0 aromatic heterocycles. The fraction of sp³-hybridized carbons (Fsp3) is 0.917. The minimum atomic E-state index is -0.110. The van der Waals surface area contributed by atoms with Crippen molar-refractivity contribution in [3.05, 3.63) is 0 Å². The van der Waals surface area contributed by atoms with E-state index in [1.807, 2.05) is 0 Å². The monoisotopic (exact) mass is 195 g/mol. The molecule has 0 aliphatic heterocycles. The number of nitrogens with two attached hydrogens (primary N) is 1. The van der Waals surface area contributed by atoms with E-state index in [0.29, 0.717) is 18.2 Å². The smallest absolute Gasteiger partial charge is 0.140 e. The van der Waals surface area contributed by atoms with Gasteiger partial charge in [-0.3, -0.25) is 4.79 Å². The van der Waals surface area contributed by atoms with E-state index in [0.717, 1.165) is 19.3 Å². The summed E-state index contributed by atoms with van der Waals surface area (Å²) >= 11 is 0. The Balaban J connectivity index is 1.97. The van der Waals surface area contributed by atoms with Gasteiger partial charge >= 0.3 is 0 Å². The van der Waals surface area contributed by atoms with Crippen LogP contribution in [0.15, 0.2) is 0 Å². The second-order valence-electron chi connectivity index (χ2n) is 5.12. The number of hydrogen-bond donors (Lipinski definition) is 1. The average Bonchev–Trinajstić information content (AvgIpc) is 3.02. The van der Waals surface area contributed by atoms with Gasteiger partial charge in [-0.25, -0.2) is 0 Å². The SMILES string of the molecule is NCC1(C(=O)CC2CC2)CCCCC1. The molecule has 0 spiro atoms. The zero-order valence-corrected chi connectivity index (χ0v) is 8.93. The number of carbonyl (C=O) groups is 1. The van der Waals surface area contributed by atoms with E-state index in [2.05, 4.69) is 0 Å². The Hall–Kier alpha value is -0.370. The third kappa shape index (κ3) is 2.00. The van der Waals surface area contributed by atoms with Gasteiger partial charge in [-0.05, 0) is 31.6 Å². The highest BCUT2D eigenvalue weighted by Crippen LogP contribution is 2.41. The molecule has 2 N–H and O–H groups in total. The molecule has 0 atom stereocenters. The molecule has 14 heavy (non-hydrogen) atoms. The first-order valence-electron chi connectivity index (χ1n) is 6.00. The van der Waals surface area contributed by atoms with Gasteiger partial charge in [0, 0.05) is 18.4 Å². The van der Waals surface area contributed by atoms with E-state index in [-0.39, 0.29) is 5.41 Å². The Morgan fingerprint density at radius 3 is 2.36 bits per heavy atom. The van der Waals surface area contributed by atoms with Gasteiger partial charge in [-0.2, -0.15) is 0 Å². The molecule has 2 saturated carbocycles. The number of Topliss-reactive ketones (excluding diaryl/α,β-unsaturated/α-hetero) is 1. The van der Waals surface area contributed by atoms with Crippen molar-refractivity contribution in [2.24, 2.45) is 17.1 Å². The molecule has 0 amide bonds. The van der Waals surface area contributed by atoms with Crippen molar-refractivity contribution in [2.75, 3.05) is 6.54 Å². The topological polar surface area (TPSA) is 43.1 Å². The highest BCUT2D eigenvalue weighted by Gasteiger charge is 2.39. The second kappa shape index (κ2) is 4.01. The third-order valence-electron chi connectivity index (χ3n) is 3.96. The van der Waals surface area contributed by atoms with Crippen molar-refractivity contribution >= 4 is 5.78 Å². The lowest BCUT2D eigenvalue weighted by molar-refractivity contribution is -0.130. The van der Waals surface area contributed by atoms with Crippen LogP contribution in [0.2, 0.25) is 0 Å². The highest BCUT2D eigenvalue weighted by molar-refractivity contribution is 5.85. The van der Waals surface area contributed by atoms with Gasteiger partial charge in [-0.15, -0.1) is 0 Å². The summed E-state index contributed by atoms with van der Waals surface area (Å²) in [5, 5.41) is 0. The number of rotatable bonds is 4. The Morgan fingerprint density at radius 1 is 1.21 bits per heavy atom. The van der Waals surface area contributed by atoms with Crippen LogP contribution in [-0.2, 0) is 4.79 Å². The fourth-order valence-electron chi connectivity index (χ4n) is 2.63. The molecule has 2 fully saturated rings. The summed E-state index contributed by atoms with van der Waals surface area (Å²) < 4.78 is 0. The van der Waals surface area contributed by atoms with E-state index >= 15 is 0 Å². The summed E-state index contributed by atoms with van der Waals surface area (Å²) in [5.41, 5.74) is 5.70. The standard InChI is InChI=1S/C12H21NO/c13-9-12(6-2-1-3-7-12)11(14)8-10-4-5-10/h10H,1-9,13H2. The van der Waals surface area contributed by atoms with E-state index in [4.69, 9.17) is 5.73 Å². The van der Waals surface area contributed by atoms with Crippen LogP contribution in [0.4, 0.5) is 0 Å². The molecule has 2 nitrogen and oxygen atoms in total. The van der Waals surface area contributed by atoms with Crippen LogP contribution < -0.4 is 5.73 Å². The molecule has 2 rings (SSSR count). The van der Waals surface area contributed by atoms with Gasteiger partial charge in [0.05, 0.1) is 0 Å². The van der Waals surface area contributed by atoms with Crippen LogP contribution in [0.25, 0.3) is 0 Å². The first kappa shape index (κ1) is 10.2. The van der Waals surface area contributed by atoms with Crippen LogP contribution in [0.5, 0.6) is 0 Å². The van der Waals surface area contributed by atoms with Crippen molar-refractivity contribution in [3.8, 4) is 0 Å². The number of ketones is 1. The lowest BCUT2D eigenvalue weighted by Crippen LogP contribution is -2.40. The van der Waals surface area contributed by atoms with E-state index in [1.165, 1.54) is 32.1 Å². The van der Waals surface area contributed by atoms with E-state index in [1.54, 1.807) is 0 Å². The Bertz CT molecular complexity index is 214. The third-order valence-corrected chi connectivity index (χ3v) is 3.96. The summed E-state index contributed by atoms with van der Waals surface area (Å²) in [4.78, 5) is 12.1. The zero-order valence-electron chi connectivity index (χ0n) is 8.93. The molecule has 0 saturated heterocycles. The van der Waals surface area contributed by atoms with Gasteiger partial charge in [0.25, 0.3) is 0 Å². The van der Waals surface area contributed by atoms with E-state index < -0.39 is 0 Å². The molecule has 0 heterocycles. The van der Waals surface area contributed by atoms with Gasteiger partial charge in [0.15, 0.2) is 0 Å². The summed E-state index contributed by atoms with van der Waals surface area (Å²) in [7, 11) is 0. The lowest BCUT2D eigenvalue weighted by atomic mass is 9.70. The van der Waals surface area contributed by atoms with Gasteiger partial charge < -0.3 is 5.73 Å². The van der Waals surface area contributed by atoms with E-state index in [9.17, 15) is 4.79 Å². The van der Waals surface area contributed by atoms with Crippen LogP contribution >= 0.6 is 0 Å². The Morgan fingerprint density at radius 2 is 1.86 bits per heavy atom. The maximum atomic E-state index is 12.1. The summed E-state index contributed by atoms with van der Waals surface area (Å²) in [6.07, 6.45) is 9.15. The summed E-state index contributed by atoms with van der Waals surface area (Å²) in [6.45, 7) is 0.582. The maximum absolute atomic E-state index is 12.1. The van der Waals surface area contributed by atoms with Crippen LogP contribution in [0.1, 0.15) is 51.4 Å². The van der Waals surface area contributed by atoms with Crippen LogP contribution in [0, 0.1) is 11.3 Å². The van der Waals surface area contributed by atoms with Crippen molar-refractivity contribution < 1.29 is 4.79 Å². The highest BCUT2D eigenvalue weighted by atomic mass is 16.1. The molecule has 0 bridgehead atoms. The Kier molecular flexibility index (Phi) is 2.91. The van der Waals surface area contributed by atoms with Crippen molar-refractivity contribution in [1.29, 1.82) is 0 Å². The lowest BCUT2D eigenvalue weighted by Gasteiger charge is -2.34. The quantitative estimate of drug-likeness (QED) is 0.747. The second-order valence-corrected chi connectivity index (χ2v) is 5.12. The molecule has 2 heteroatoms. The number of hydrogen-bond acceptors (Lipinski definition) is 2. The molecule has 0 radical (unpaired) electrons. The van der Waals surface area contributed by atoms with Gasteiger partial charge in [0.1, 0.15) is 5.78 Å². The largest absolute Gasteiger partial charge is 0.329 e. The zero-order chi connectivity index (χ0) is 10.0. The van der Waals surface area contributed by atoms with Crippen molar-refractivity contribution in [2.45, 2.75) is 51.4 Å². The maximum Gasteiger partial charge on any atom is 0.140 e. The fourth-order valence-corrected chi connectivity index (χ4v) is 2.63. The normalized spacial score (nSPS) is 26.1. The minimum Gasteiger partial charge on any atom is -0.329 e. The van der Waals surface area contributed by atoms with Gasteiger partial charge in [-0.1, -0.05) is 19.3 Å². The predicted octanol–water partition coefficient (Wildman–Crippen LogP) is 2.26. The average molecular weight is 195 g/mol.